The number of nitrogens with one attached hydrogen (secondary N) is 1. The molecule has 2 aliphatic rings. The van der Waals surface area contributed by atoms with Crippen LogP contribution in [0.5, 0.6) is 5.75 Å². The number of carboxylic acid groups (broad SMARTS) is 1. The third-order valence-corrected chi connectivity index (χ3v) is 6.04. The number of hydrogen-bond donors (Lipinski definition) is 2. The molecule has 26 heavy (non-hydrogen) atoms. The number of aliphatic carboxylic acids is 1. The molecule has 0 radical (unpaired) electrons. The molecule has 1 aromatic carbocycles. The second-order valence-electron chi connectivity index (χ2n) is 7.51. The minimum atomic E-state index is -0.854. The lowest BCUT2D eigenvalue weighted by Gasteiger charge is -2.39. The summed E-state index contributed by atoms with van der Waals surface area (Å²) in [5, 5.41) is 12.4. The first-order valence-electron chi connectivity index (χ1n) is 9.22. The maximum Gasteiger partial charge on any atom is 0.310 e. The van der Waals surface area contributed by atoms with E-state index in [1.807, 2.05) is 24.3 Å². The zero-order valence-electron chi connectivity index (χ0n) is 15.3. The van der Waals surface area contributed by atoms with Crippen molar-refractivity contribution < 1.29 is 24.2 Å². The molecule has 1 saturated heterocycles. The van der Waals surface area contributed by atoms with Gasteiger partial charge in [0.25, 0.3) is 0 Å². The molecule has 1 amide bonds. The van der Waals surface area contributed by atoms with E-state index in [4.69, 9.17) is 9.47 Å². The van der Waals surface area contributed by atoms with Crippen molar-refractivity contribution in [2.24, 2.45) is 5.41 Å². The molecule has 1 heterocycles. The zero-order valence-corrected chi connectivity index (χ0v) is 15.3. The van der Waals surface area contributed by atoms with E-state index in [0.29, 0.717) is 32.6 Å². The van der Waals surface area contributed by atoms with Crippen LogP contribution in [0.4, 0.5) is 0 Å². The van der Waals surface area contributed by atoms with Crippen LogP contribution in [-0.4, -0.2) is 43.9 Å². The molecule has 1 aliphatic carbocycles. The molecular formula is C20H27NO5. The van der Waals surface area contributed by atoms with Crippen LogP contribution < -0.4 is 10.1 Å². The third kappa shape index (κ3) is 3.70. The maximum absolute atomic E-state index is 12.4. The van der Waals surface area contributed by atoms with Crippen LogP contribution in [-0.2, 0) is 19.7 Å². The highest BCUT2D eigenvalue weighted by Gasteiger charge is 2.46. The van der Waals surface area contributed by atoms with Gasteiger partial charge in [-0.25, -0.2) is 0 Å². The molecule has 1 saturated carbocycles. The number of methoxy groups -OCH3 is 1. The van der Waals surface area contributed by atoms with Gasteiger partial charge in [0.1, 0.15) is 5.75 Å². The first-order chi connectivity index (χ1) is 12.5. The number of ether oxygens (including phenoxy) is 2. The van der Waals surface area contributed by atoms with E-state index in [9.17, 15) is 14.7 Å². The fourth-order valence-corrected chi connectivity index (χ4v) is 3.98. The Morgan fingerprint density at radius 2 is 1.81 bits per heavy atom. The predicted octanol–water partition coefficient (Wildman–Crippen LogP) is 2.50. The monoisotopic (exact) mass is 361 g/mol. The van der Waals surface area contributed by atoms with Gasteiger partial charge >= 0.3 is 5.97 Å². The van der Waals surface area contributed by atoms with Gasteiger partial charge in [-0.15, -0.1) is 0 Å². The number of carbonyl (C=O) groups is 2. The Hall–Kier alpha value is -2.08. The average Bonchev–Trinajstić information content (AvgIpc) is 2.63. The van der Waals surface area contributed by atoms with Crippen molar-refractivity contribution in [1.82, 2.24) is 5.32 Å². The van der Waals surface area contributed by atoms with Gasteiger partial charge in [-0.2, -0.15) is 0 Å². The van der Waals surface area contributed by atoms with Crippen molar-refractivity contribution in [3.63, 3.8) is 0 Å². The highest BCUT2D eigenvalue weighted by molar-refractivity contribution is 5.85. The Bertz CT molecular complexity index is 645. The van der Waals surface area contributed by atoms with E-state index in [2.05, 4.69) is 5.32 Å². The molecule has 1 aromatic rings. The second kappa shape index (κ2) is 7.66. The van der Waals surface area contributed by atoms with Crippen LogP contribution in [0, 0.1) is 5.41 Å². The molecule has 0 unspecified atom stereocenters. The van der Waals surface area contributed by atoms with Crippen molar-refractivity contribution in [3.8, 4) is 5.75 Å². The summed E-state index contributed by atoms with van der Waals surface area (Å²) in [5.41, 5.74) is 0.113. The van der Waals surface area contributed by atoms with Crippen LogP contribution in [0.15, 0.2) is 24.3 Å². The Morgan fingerprint density at radius 1 is 1.15 bits per heavy atom. The van der Waals surface area contributed by atoms with Crippen molar-refractivity contribution in [2.45, 2.75) is 43.9 Å². The summed E-state index contributed by atoms with van der Waals surface area (Å²) in [6, 6.07) is 7.95. The van der Waals surface area contributed by atoms with E-state index in [0.717, 1.165) is 30.6 Å². The van der Waals surface area contributed by atoms with Crippen LogP contribution in [0.1, 0.15) is 44.1 Å². The van der Waals surface area contributed by atoms with E-state index in [1.54, 1.807) is 7.11 Å². The maximum atomic E-state index is 12.4. The number of rotatable bonds is 7. The number of hydrogen-bond acceptors (Lipinski definition) is 4. The number of carboxylic acids is 1. The quantitative estimate of drug-likeness (QED) is 0.779. The van der Waals surface area contributed by atoms with E-state index >= 15 is 0 Å². The summed E-state index contributed by atoms with van der Waals surface area (Å²) >= 11 is 0. The number of benzene rings is 1. The van der Waals surface area contributed by atoms with Crippen molar-refractivity contribution in [1.29, 1.82) is 0 Å². The summed E-state index contributed by atoms with van der Waals surface area (Å²) in [6.07, 6.45) is 3.78. The minimum Gasteiger partial charge on any atom is -0.497 e. The molecule has 0 bridgehead atoms. The van der Waals surface area contributed by atoms with Crippen molar-refractivity contribution in [2.75, 3.05) is 26.9 Å². The van der Waals surface area contributed by atoms with E-state index in [-0.39, 0.29) is 17.7 Å². The Labute approximate surface area is 153 Å². The van der Waals surface area contributed by atoms with Crippen LogP contribution in [0.3, 0.4) is 0 Å². The second-order valence-corrected chi connectivity index (χ2v) is 7.51. The summed E-state index contributed by atoms with van der Waals surface area (Å²) < 4.78 is 10.8. The molecule has 6 nitrogen and oxygen atoms in total. The summed E-state index contributed by atoms with van der Waals surface area (Å²) in [4.78, 5) is 23.9. The van der Waals surface area contributed by atoms with Gasteiger partial charge in [-0.05, 0) is 43.4 Å². The molecule has 3 rings (SSSR count). The van der Waals surface area contributed by atoms with E-state index in [1.165, 1.54) is 0 Å². The summed E-state index contributed by atoms with van der Waals surface area (Å²) in [6.45, 7) is 1.80. The summed E-state index contributed by atoms with van der Waals surface area (Å²) in [5.74, 6) is -0.227. The van der Waals surface area contributed by atoms with Crippen LogP contribution in [0.25, 0.3) is 0 Å². The van der Waals surface area contributed by atoms with Gasteiger partial charge in [-0.3, -0.25) is 9.59 Å². The summed E-state index contributed by atoms with van der Waals surface area (Å²) in [7, 11) is 1.64. The van der Waals surface area contributed by atoms with Gasteiger partial charge in [0.15, 0.2) is 0 Å². The lowest BCUT2D eigenvalue weighted by Crippen LogP contribution is -2.47. The minimum absolute atomic E-state index is 0.0670. The predicted molar refractivity (Wildman–Crippen MR) is 96.3 cm³/mol. The SMILES string of the molecule is COc1ccc(C2(CNC(=O)CC3(C(=O)O)CCC3)CCOCC2)cc1. The molecule has 142 valence electrons. The molecule has 2 fully saturated rings. The fourth-order valence-electron chi connectivity index (χ4n) is 3.98. The Morgan fingerprint density at radius 3 is 2.31 bits per heavy atom. The van der Waals surface area contributed by atoms with Crippen LogP contribution in [0.2, 0.25) is 0 Å². The Kier molecular flexibility index (Phi) is 5.51. The molecule has 0 atom stereocenters. The van der Waals surface area contributed by atoms with Gasteiger partial charge in [0, 0.05) is 31.6 Å². The van der Waals surface area contributed by atoms with Gasteiger partial charge < -0.3 is 19.9 Å². The smallest absolute Gasteiger partial charge is 0.310 e. The normalized spacial score (nSPS) is 20.7. The van der Waals surface area contributed by atoms with Crippen LogP contribution >= 0.6 is 0 Å². The zero-order chi connectivity index (χ0) is 18.6. The van der Waals surface area contributed by atoms with Gasteiger partial charge in [0.05, 0.1) is 12.5 Å². The lowest BCUT2D eigenvalue weighted by atomic mass is 9.66. The molecule has 0 spiro atoms. The fraction of sp³-hybridized carbons (Fsp3) is 0.600. The standard InChI is InChI=1S/C20H27NO5/c1-25-16-5-3-15(4-6-16)20(9-11-26-12-10-20)14-21-17(22)13-19(18(23)24)7-2-8-19/h3-6H,2,7-14H2,1H3,(H,21,22)(H,23,24). The molecular weight excluding hydrogens is 334 g/mol. The van der Waals surface area contributed by atoms with Crippen molar-refractivity contribution in [3.05, 3.63) is 29.8 Å². The lowest BCUT2D eigenvalue weighted by molar-refractivity contribution is -0.157. The molecule has 1 aliphatic heterocycles. The number of carbonyl (C=O) groups excluding carboxylic acids is 1. The largest absolute Gasteiger partial charge is 0.497 e. The first kappa shape index (κ1) is 18.7. The highest BCUT2D eigenvalue weighted by atomic mass is 16.5. The first-order valence-corrected chi connectivity index (χ1v) is 9.22. The highest BCUT2D eigenvalue weighted by Crippen LogP contribution is 2.44. The van der Waals surface area contributed by atoms with Gasteiger partial charge in [0.2, 0.25) is 5.91 Å². The molecule has 0 aromatic heterocycles. The molecule has 6 heteroatoms. The van der Waals surface area contributed by atoms with Gasteiger partial charge in [-0.1, -0.05) is 18.6 Å². The molecule has 2 N–H and O–H groups in total. The average molecular weight is 361 g/mol. The third-order valence-electron chi connectivity index (χ3n) is 6.04. The number of amides is 1. The van der Waals surface area contributed by atoms with Crippen molar-refractivity contribution >= 4 is 11.9 Å². The van der Waals surface area contributed by atoms with E-state index < -0.39 is 11.4 Å². The Balaban J connectivity index is 1.68. The topological polar surface area (TPSA) is 84.9 Å².